The summed E-state index contributed by atoms with van der Waals surface area (Å²) in [5.74, 6) is -5.62. The fourth-order valence-electron chi connectivity index (χ4n) is 5.00. The molecule has 0 aliphatic heterocycles. The van der Waals surface area contributed by atoms with Gasteiger partial charge in [-0.1, -0.05) is 32.6 Å². The highest BCUT2D eigenvalue weighted by Gasteiger charge is 2.39. The summed E-state index contributed by atoms with van der Waals surface area (Å²) in [7, 11) is -1.36. The topological polar surface area (TPSA) is 96.2 Å². The lowest BCUT2D eigenvalue weighted by molar-refractivity contribution is -0.154. The normalized spacial score (nSPS) is 19.4. The smallest absolute Gasteiger partial charge is 0.369 e. The van der Waals surface area contributed by atoms with Gasteiger partial charge >= 0.3 is 6.18 Å². The molecule has 0 spiro atoms. The molecule has 38 heavy (non-hydrogen) atoms. The van der Waals surface area contributed by atoms with E-state index in [-0.39, 0.29) is 38.3 Å². The van der Waals surface area contributed by atoms with E-state index in [0.717, 1.165) is 6.04 Å². The van der Waals surface area contributed by atoms with Gasteiger partial charge < -0.3 is 20.8 Å². The standard InChI is InChI=1S/C26H39F5N4O2Si/c1-16(19(23(33)36)14-26(29,30)31)18-5-6-20-21(13-18)35(15-37-11-12-38(2,3)4)24(34-20)22(32)17-7-9-25(27,28)10-8-17/h5-6,13,16-17,19,22H,7-12,14-15,32H2,1-4H3,(H2,33,36)/t16-,19?,22-/m0/s1. The fraction of sp³-hybridized carbons (Fsp3) is 0.692. The number of benzene rings is 1. The first-order valence-corrected chi connectivity index (χ1v) is 16.8. The first kappa shape index (κ1) is 30.5. The number of carbonyl (C=O) groups is 1. The van der Waals surface area contributed by atoms with Crippen molar-refractivity contribution in [2.75, 3.05) is 6.61 Å². The number of fused-ring (bicyclic) bond motifs is 1. The Bertz CT molecular complexity index is 1110. The van der Waals surface area contributed by atoms with Gasteiger partial charge in [-0.15, -0.1) is 0 Å². The van der Waals surface area contributed by atoms with Crippen molar-refractivity contribution >= 4 is 25.0 Å². The van der Waals surface area contributed by atoms with Gasteiger partial charge in [0, 0.05) is 27.5 Å². The molecule has 1 amide bonds. The molecular weight excluding hydrogens is 523 g/mol. The van der Waals surface area contributed by atoms with E-state index in [1.807, 2.05) is 0 Å². The van der Waals surface area contributed by atoms with Crippen LogP contribution in [-0.2, 0) is 16.3 Å². The number of ether oxygens (including phenoxy) is 1. The van der Waals surface area contributed by atoms with Crippen LogP contribution < -0.4 is 11.5 Å². The molecular formula is C26H39F5N4O2Si. The lowest BCUT2D eigenvalue weighted by atomic mass is 9.82. The number of carbonyl (C=O) groups excluding carboxylic acids is 1. The van der Waals surface area contributed by atoms with Crippen molar-refractivity contribution in [1.29, 1.82) is 0 Å². The molecule has 1 unspecified atom stereocenters. The van der Waals surface area contributed by atoms with E-state index < -0.39 is 50.4 Å². The maximum absolute atomic E-state index is 13.8. The van der Waals surface area contributed by atoms with Crippen LogP contribution in [0.15, 0.2) is 18.2 Å². The number of rotatable bonds is 11. The molecule has 1 aliphatic carbocycles. The van der Waals surface area contributed by atoms with Gasteiger partial charge in [-0.25, -0.2) is 13.8 Å². The van der Waals surface area contributed by atoms with Gasteiger partial charge in [0.25, 0.3) is 0 Å². The number of halogens is 5. The quantitative estimate of drug-likeness (QED) is 0.190. The number of alkyl halides is 5. The Labute approximate surface area is 221 Å². The van der Waals surface area contributed by atoms with Gasteiger partial charge in [-0.3, -0.25) is 4.79 Å². The average molecular weight is 563 g/mol. The van der Waals surface area contributed by atoms with E-state index in [0.29, 0.717) is 29.0 Å². The second kappa shape index (κ2) is 11.6. The molecule has 0 saturated heterocycles. The van der Waals surface area contributed by atoms with Crippen LogP contribution in [0.5, 0.6) is 0 Å². The van der Waals surface area contributed by atoms with Crippen molar-refractivity contribution in [1.82, 2.24) is 9.55 Å². The minimum atomic E-state index is -4.54. The van der Waals surface area contributed by atoms with Crippen molar-refractivity contribution in [3.63, 3.8) is 0 Å². The first-order chi connectivity index (χ1) is 17.5. The lowest BCUT2D eigenvalue weighted by Crippen LogP contribution is -2.32. The number of hydrogen-bond donors (Lipinski definition) is 2. The van der Waals surface area contributed by atoms with E-state index in [2.05, 4.69) is 19.6 Å². The Morgan fingerprint density at radius 3 is 2.42 bits per heavy atom. The van der Waals surface area contributed by atoms with Gasteiger partial charge in [0.1, 0.15) is 12.6 Å². The lowest BCUT2D eigenvalue weighted by Gasteiger charge is -2.31. The Morgan fingerprint density at radius 1 is 1.24 bits per heavy atom. The van der Waals surface area contributed by atoms with Crippen molar-refractivity contribution in [2.45, 2.75) is 95.5 Å². The molecule has 12 heteroatoms. The monoisotopic (exact) mass is 562 g/mol. The van der Waals surface area contributed by atoms with Crippen LogP contribution in [0.25, 0.3) is 11.0 Å². The molecule has 0 bridgehead atoms. The summed E-state index contributed by atoms with van der Waals surface area (Å²) in [6, 6.07) is 5.34. The highest BCUT2D eigenvalue weighted by molar-refractivity contribution is 6.76. The van der Waals surface area contributed by atoms with Gasteiger partial charge in [0.15, 0.2) is 0 Å². The maximum atomic E-state index is 13.8. The second-order valence-corrected chi connectivity index (χ2v) is 17.5. The zero-order chi connectivity index (χ0) is 28.5. The zero-order valence-corrected chi connectivity index (χ0v) is 23.5. The van der Waals surface area contributed by atoms with Crippen molar-refractivity contribution in [2.24, 2.45) is 23.3 Å². The Kier molecular flexibility index (Phi) is 9.30. The molecule has 0 radical (unpaired) electrons. The Morgan fingerprint density at radius 2 is 1.87 bits per heavy atom. The van der Waals surface area contributed by atoms with Crippen LogP contribution in [0.1, 0.15) is 62.4 Å². The van der Waals surface area contributed by atoms with Crippen LogP contribution in [0.2, 0.25) is 25.7 Å². The van der Waals surface area contributed by atoms with Crippen LogP contribution in [0.4, 0.5) is 22.0 Å². The number of imidazole rings is 1. The third-order valence-corrected chi connectivity index (χ3v) is 9.24. The molecule has 1 saturated carbocycles. The number of nitrogens with two attached hydrogens (primary N) is 2. The predicted molar refractivity (Wildman–Crippen MR) is 139 cm³/mol. The van der Waals surface area contributed by atoms with Gasteiger partial charge in [-0.2, -0.15) is 13.2 Å². The number of primary amides is 1. The predicted octanol–water partition coefficient (Wildman–Crippen LogP) is 6.33. The van der Waals surface area contributed by atoms with Crippen molar-refractivity contribution in [3.8, 4) is 0 Å². The molecule has 4 N–H and O–H groups in total. The number of hydrogen-bond acceptors (Lipinski definition) is 4. The molecule has 6 nitrogen and oxygen atoms in total. The summed E-state index contributed by atoms with van der Waals surface area (Å²) < 4.78 is 74.7. The van der Waals surface area contributed by atoms with Crippen LogP contribution in [0.3, 0.4) is 0 Å². The molecule has 3 rings (SSSR count). The van der Waals surface area contributed by atoms with E-state index in [1.165, 1.54) is 0 Å². The van der Waals surface area contributed by atoms with Crippen molar-refractivity contribution < 1.29 is 31.5 Å². The number of aromatic nitrogens is 2. The van der Waals surface area contributed by atoms with E-state index in [4.69, 9.17) is 21.2 Å². The molecule has 1 aromatic carbocycles. The molecule has 1 heterocycles. The largest absolute Gasteiger partial charge is 0.389 e. The SMILES string of the molecule is C[C@@H](c1ccc2nc([C@@H](N)C3CCC(F)(F)CC3)n(COCC[Si](C)(C)C)c2c1)C(CC(F)(F)F)C(N)=O. The van der Waals surface area contributed by atoms with Gasteiger partial charge in [-0.05, 0) is 48.4 Å². The van der Waals surface area contributed by atoms with E-state index in [1.54, 1.807) is 29.7 Å². The van der Waals surface area contributed by atoms with Gasteiger partial charge in [0.05, 0.1) is 29.4 Å². The molecule has 1 fully saturated rings. The first-order valence-electron chi connectivity index (χ1n) is 13.0. The van der Waals surface area contributed by atoms with Crippen LogP contribution >= 0.6 is 0 Å². The average Bonchev–Trinajstić information content (AvgIpc) is 3.15. The molecule has 3 atom stereocenters. The minimum Gasteiger partial charge on any atom is -0.369 e. The maximum Gasteiger partial charge on any atom is 0.389 e. The highest BCUT2D eigenvalue weighted by Crippen LogP contribution is 2.41. The third-order valence-electron chi connectivity index (χ3n) is 7.53. The molecule has 214 valence electrons. The third kappa shape index (κ3) is 7.98. The van der Waals surface area contributed by atoms with Crippen molar-refractivity contribution in [3.05, 3.63) is 29.6 Å². The number of amides is 1. The minimum absolute atomic E-state index is 0.118. The summed E-state index contributed by atoms with van der Waals surface area (Å²) >= 11 is 0. The van der Waals surface area contributed by atoms with Crippen LogP contribution in [0, 0.1) is 11.8 Å². The second-order valence-electron chi connectivity index (χ2n) is 11.8. The molecule has 1 aromatic heterocycles. The van der Waals surface area contributed by atoms with E-state index in [9.17, 15) is 26.7 Å². The summed E-state index contributed by atoms with van der Waals surface area (Å²) in [6.45, 7) is 8.87. The summed E-state index contributed by atoms with van der Waals surface area (Å²) in [5.41, 5.74) is 13.6. The molecule has 2 aromatic rings. The summed E-state index contributed by atoms with van der Waals surface area (Å²) in [4.78, 5) is 16.6. The molecule has 1 aliphatic rings. The summed E-state index contributed by atoms with van der Waals surface area (Å²) in [5, 5.41) is 0. The fourth-order valence-corrected chi connectivity index (χ4v) is 5.76. The number of nitrogens with zero attached hydrogens (tertiary/aromatic N) is 2. The van der Waals surface area contributed by atoms with Gasteiger partial charge in [0.2, 0.25) is 11.8 Å². The van der Waals surface area contributed by atoms with E-state index >= 15 is 0 Å². The van der Waals surface area contributed by atoms with Crippen LogP contribution in [-0.4, -0.2) is 42.2 Å². The highest BCUT2D eigenvalue weighted by atomic mass is 28.3. The summed E-state index contributed by atoms with van der Waals surface area (Å²) in [6.07, 6.45) is -5.77. The Balaban J connectivity index is 1.96. The Hall–Kier alpha value is -2.05. The zero-order valence-electron chi connectivity index (χ0n) is 22.5.